The predicted octanol–water partition coefficient (Wildman–Crippen LogP) is 6.79. The van der Waals surface area contributed by atoms with Gasteiger partial charge in [-0.25, -0.2) is 0 Å². The molecule has 0 nitrogen and oxygen atoms in total. The summed E-state index contributed by atoms with van der Waals surface area (Å²) in [5.41, 5.74) is 0. The molecule has 1 heteroatoms. The number of hydrogen-bond donors (Lipinski definition) is 1. The number of rotatable bonds is 13. The lowest BCUT2D eigenvalue weighted by Crippen LogP contribution is -2.09. The number of hydrogen-bond acceptors (Lipinski definition) is 1. The highest BCUT2D eigenvalue weighted by atomic mass is 32.1. The summed E-state index contributed by atoms with van der Waals surface area (Å²) in [7, 11) is 0. The van der Waals surface area contributed by atoms with Crippen LogP contribution >= 0.6 is 12.6 Å². The van der Waals surface area contributed by atoms with E-state index in [4.69, 9.17) is 0 Å². The summed E-state index contributed by atoms with van der Waals surface area (Å²) >= 11 is 4.56. The van der Waals surface area contributed by atoms with Crippen LogP contribution in [0.25, 0.3) is 0 Å². The number of thiol groups is 1. The van der Waals surface area contributed by atoms with Gasteiger partial charge in [-0.2, -0.15) is 12.6 Å². The highest BCUT2D eigenvalue weighted by Crippen LogP contribution is 2.21. The summed E-state index contributed by atoms with van der Waals surface area (Å²) in [5, 5.41) is 0. The molecule has 0 aliphatic carbocycles. The average molecular weight is 273 g/mol. The van der Waals surface area contributed by atoms with E-state index in [1.54, 1.807) is 0 Å². The van der Waals surface area contributed by atoms with Crippen molar-refractivity contribution in [2.45, 2.75) is 109 Å². The van der Waals surface area contributed by atoms with Crippen LogP contribution in [0.4, 0.5) is 0 Å². The van der Waals surface area contributed by atoms with Crippen LogP contribution in [-0.2, 0) is 0 Å². The maximum Gasteiger partial charge on any atom is 0.00731 e. The smallest absolute Gasteiger partial charge is 0.00731 e. The van der Waals surface area contributed by atoms with E-state index in [1.807, 2.05) is 0 Å². The fraction of sp³-hybridized carbons (Fsp3) is 1.00. The van der Waals surface area contributed by atoms with Crippen molar-refractivity contribution < 1.29 is 0 Å². The van der Waals surface area contributed by atoms with Crippen molar-refractivity contribution >= 4 is 12.6 Å². The van der Waals surface area contributed by atoms with Gasteiger partial charge in [0.2, 0.25) is 0 Å². The third-order valence-corrected chi connectivity index (χ3v) is 3.87. The standard InChI is InChI=1S/C17H36S/c1-4-5-6-7-8-9-10-11-12-13-14-15-16-17(2,3)18/h18H,4-16H2,1-3H3. The van der Waals surface area contributed by atoms with Crippen LogP contribution in [-0.4, -0.2) is 4.75 Å². The van der Waals surface area contributed by atoms with Crippen molar-refractivity contribution in [3.63, 3.8) is 0 Å². The van der Waals surface area contributed by atoms with Gasteiger partial charge in [0.25, 0.3) is 0 Å². The lowest BCUT2D eigenvalue weighted by molar-refractivity contribution is 0.522. The zero-order valence-corrected chi connectivity index (χ0v) is 14.0. The van der Waals surface area contributed by atoms with Crippen molar-refractivity contribution in [1.29, 1.82) is 0 Å². The van der Waals surface area contributed by atoms with Crippen LogP contribution in [0.3, 0.4) is 0 Å². The average Bonchev–Trinajstić information content (AvgIpc) is 2.29. The maximum atomic E-state index is 4.56. The Morgan fingerprint density at radius 2 is 0.944 bits per heavy atom. The van der Waals surface area contributed by atoms with Gasteiger partial charge in [-0.05, 0) is 6.42 Å². The first kappa shape index (κ1) is 18.4. The van der Waals surface area contributed by atoms with Crippen LogP contribution in [0, 0.1) is 0 Å². The first-order valence-electron chi connectivity index (χ1n) is 8.28. The van der Waals surface area contributed by atoms with Crippen LogP contribution in [0.15, 0.2) is 0 Å². The molecule has 0 saturated carbocycles. The molecule has 0 rings (SSSR count). The normalized spacial score (nSPS) is 12.0. The van der Waals surface area contributed by atoms with E-state index in [9.17, 15) is 0 Å². The molecule has 0 saturated heterocycles. The summed E-state index contributed by atoms with van der Waals surface area (Å²) in [6.07, 6.45) is 18.5. The Morgan fingerprint density at radius 3 is 1.28 bits per heavy atom. The molecule has 0 N–H and O–H groups in total. The zero-order chi connectivity index (χ0) is 13.7. The molecule has 0 spiro atoms. The third kappa shape index (κ3) is 16.4. The lowest BCUT2D eigenvalue weighted by atomic mass is 10.0. The van der Waals surface area contributed by atoms with E-state index in [2.05, 4.69) is 33.4 Å². The van der Waals surface area contributed by atoms with Gasteiger partial charge < -0.3 is 0 Å². The molecule has 0 amide bonds. The van der Waals surface area contributed by atoms with Gasteiger partial charge in [0, 0.05) is 4.75 Å². The topological polar surface area (TPSA) is 0 Å². The van der Waals surface area contributed by atoms with Gasteiger partial charge in [0.1, 0.15) is 0 Å². The number of unbranched alkanes of at least 4 members (excludes halogenated alkanes) is 11. The van der Waals surface area contributed by atoms with E-state index in [0.717, 1.165) is 0 Å². The summed E-state index contributed by atoms with van der Waals surface area (Å²) < 4.78 is 0.235. The quantitative estimate of drug-likeness (QED) is 0.277. The first-order valence-corrected chi connectivity index (χ1v) is 8.73. The third-order valence-electron chi connectivity index (χ3n) is 3.64. The van der Waals surface area contributed by atoms with Crippen LogP contribution in [0.1, 0.15) is 104 Å². The summed E-state index contributed by atoms with van der Waals surface area (Å²) in [5.74, 6) is 0. The van der Waals surface area contributed by atoms with Crippen LogP contribution in [0.2, 0.25) is 0 Å². The zero-order valence-electron chi connectivity index (χ0n) is 13.1. The van der Waals surface area contributed by atoms with Gasteiger partial charge in [-0.3, -0.25) is 0 Å². The molecule has 0 aromatic heterocycles. The van der Waals surface area contributed by atoms with Gasteiger partial charge in [-0.15, -0.1) is 0 Å². The van der Waals surface area contributed by atoms with Crippen LogP contribution < -0.4 is 0 Å². The summed E-state index contributed by atoms with van der Waals surface area (Å²) in [6.45, 7) is 6.72. The minimum atomic E-state index is 0.235. The minimum absolute atomic E-state index is 0.235. The Kier molecular flexibility index (Phi) is 12.6. The summed E-state index contributed by atoms with van der Waals surface area (Å²) in [6, 6.07) is 0. The van der Waals surface area contributed by atoms with Crippen molar-refractivity contribution in [2.75, 3.05) is 0 Å². The second kappa shape index (κ2) is 12.4. The molecule has 0 aromatic carbocycles. The van der Waals surface area contributed by atoms with Crippen LogP contribution in [0.5, 0.6) is 0 Å². The summed E-state index contributed by atoms with van der Waals surface area (Å²) in [4.78, 5) is 0. The van der Waals surface area contributed by atoms with Gasteiger partial charge in [0.05, 0.1) is 0 Å². The highest BCUT2D eigenvalue weighted by molar-refractivity contribution is 7.81. The predicted molar refractivity (Wildman–Crippen MR) is 88.8 cm³/mol. The van der Waals surface area contributed by atoms with Gasteiger partial charge >= 0.3 is 0 Å². The Hall–Kier alpha value is 0.350. The largest absolute Gasteiger partial charge is 0.173 e. The first-order chi connectivity index (χ1) is 8.56. The molecule has 0 aromatic rings. The molecule has 0 atom stereocenters. The molecule has 0 fully saturated rings. The molecule has 110 valence electrons. The second-order valence-corrected chi connectivity index (χ2v) is 7.66. The van der Waals surface area contributed by atoms with E-state index in [1.165, 1.54) is 83.5 Å². The molecular weight excluding hydrogens is 236 g/mol. The van der Waals surface area contributed by atoms with Crippen molar-refractivity contribution in [3.8, 4) is 0 Å². The second-order valence-electron chi connectivity index (χ2n) is 6.45. The SMILES string of the molecule is CCCCCCCCCCCCCCC(C)(C)S. The molecule has 0 aliphatic rings. The molecule has 0 radical (unpaired) electrons. The molecule has 0 heterocycles. The Balaban J connectivity index is 2.99. The maximum absolute atomic E-state index is 4.56. The van der Waals surface area contributed by atoms with E-state index in [-0.39, 0.29) is 4.75 Å². The molecule has 0 bridgehead atoms. The van der Waals surface area contributed by atoms with Gasteiger partial charge in [0.15, 0.2) is 0 Å². The minimum Gasteiger partial charge on any atom is -0.173 e. The molecule has 18 heavy (non-hydrogen) atoms. The van der Waals surface area contributed by atoms with Crippen molar-refractivity contribution in [2.24, 2.45) is 0 Å². The van der Waals surface area contributed by atoms with E-state index >= 15 is 0 Å². The monoisotopic (exact) mass is 272 g/mol. The highest BCUT2D eigenvalue weighted by Gasteiger charge is 2.09. The molecular formula is C17H36S. The van der Waals surface area contributed by atoms with Crippen molar-refractivity contribution in [3.05, 3.63) is 0 Å². The molecule has 0 unspecified atom stereocenters. The Morgan fingerprint density at radius 1 is 0.611 bits per heavy atom. The van der Waals surface area contributed by atoms with E-state index in [0.29, 0.717) is 0 Å². The fourth-order valence-electron chi connectivity index (χ4n) is 2.40. The lowest BCUT2D eigenvalue weighted by Gasteiger charge is -2.16. The van der Waals surface area contributed by atoms with Gasteiger partial charge in [-0.1, -0.05) is 97.8 Å². The Bertz CT molecular complexity index is 157. The Labute approximate surface area is 122 Å². The molecule has 0 aliphatic heterocycles. The van der Waals surface area contributed by atoms with Crippen molar-refractivity contribution in [1.82, 2.24) is 0 Å². The fourth-order valence-corrected chi connectivity index (χ4v) is 2.56. The van der Waals surface area contributed by atoms with E-state index < -0.39 is 0 Å².